The summed E-state index contributed by atoms with van der Waals surface area (Å²) < 4.78 is 2.02. The van der Waals surface area contributed by atoms with Crippen LogP contribution in [0.2, 0.25) is 0 Å². The van der Waals surface area contributed by atoms with Crippen molar-refractivity contribution < 1.29 is 0 Å². The number of hydrogen-bond acceptors (Lipinski definition) is 5. The zero-order chi connectivity index (χ0) is 14.2. The second-order valence-electron chi connectivity index (χ2n) is 5.43. The van der Waals surface area contributed by atoms with E-state index in [1.807, 2.05) is 16.8 Å². The van der Waals surface area contributed by atoms with Crippen molar-refractivity contribution in [2.45, 2.75) is 31.7 Å². The van der Waals surface area contributed by atoms with Crippen LogP contribution in [0.1, 0.15) is 31.7 Å². The van der Waals surface area contributed by atoms with Crippen molar-refractivity contribution >= 4 is 16.9 Å². The topological polar surface area (TPSA) is 82.5 Å². The molecule has 1 aliphatic rings. The Bertz CT molecular complexity index is 773. The van der Waals surface area contributed by atoms with Crippen molar-refractivity contribution in [2.75, 3.05) is 5.73 Å². The van der Waals surface area contributed by atoms with Crippen LogP contribution in [0.5, 0.6) is 0 Å². The number of nitrogens with zero attached hydrogens (tertiary/aromatic N) is 5. The lowest BCUT2D eigenvalue weighted by atomic mass is 10.2. The molecule has 1 aliphatic carbocycles. The molecular formula is C15H16N6. The van der Waals surface area contributed by atoms with E-state index in [0.717, 1.165) is 29.4 Å². The summed E-state index contributed by atoms with van der Waals surface area (Å²) in [5.74, 6) is 1.11. The Balaban J connectivity index is 1.89. The van der Waals surface area contributed by atoms with Gasteiger partial charge in [0.25, 0.3) is 0 Å². The van der Waals surface area contributed by atoms with Crippen LogP contribution in [0, 0.1) is 0 Å². The molecule has 2 N–H and O–H groups in total. The highest BCUT2D eigenvalue weighted by molar-refractivity contribution is 5.86. The molecule has 1 saturated carbocycles. The Hall–Kier alpha value is -2.50. The summed E-state index contributed by atoms with van der Waals surface area (Å²) in [7, 11) is 0. The molecule has 6 nitrogen and oxygen atoms in total. The summed E-state index contributed by atoms with van der Waals surface area (Å²) in [5.41, 5.74) is 7.84. The fourth-order valence-corrected chi connectivity index (χ4v) is 2.99. The Morgan fingerprint density at radius 3 is 2.62 bits per heavy atom. The lowest BCUT2D eigenvalue weighted by Gasteiger charge is -2.11. The van der Waals surface area contributed by atoms with Crippen molar-refractivity contribution in [1.29, 1.82) is 0 Å². The first-order chi connectivity index (χ1) is 10.3. The number of aromatic nitrogens is 5. The predicted molar refractivity (Wildman–Crippen MR) is 80.5 cm³/mol. The van der Waals surface area contributed by atoms with E-state index in [1.165, 1.54) is 12.8 Å². The van der Waals surface area contributed by atoms with Crippen molar-refractivity contribution in [1.82, 2.24) is 24.7 Å². The van der Waals surface area contributed by atoms with Crippen LogP contribution in [0.25, 0.3) is 22.4 Å². The summed E-state index contributed by atoms with van der Waals surface area (Å²) >= 11 is 0. The average molecular weight is 280 g/mol. The molecule has 3 heterocycles. The molecule has 4 rings (SSSR count). The first kappa shape index (κ1) is 12.3. The SMILES string of the molecule is Nc1nc(-c2ccncc2)nc2c1cnn2C1CCCC1. The molecule has 0 radical (unpaired) electrons. The van der Waals surface area contributed by atoms with Gasteiger partial charge in [-0.25, -0.2) is 14.6 Å². The highest BCUT2D eigenvalue weighted by Crippen LogP contribution is 2.32. The first-order valence-corrected chi connectivity index (χ1v) is 7.24. The third kappa shape index (κ3) is 2.03. The van der Waals surface area contributed by atoms with E-state index in [4.69, 9.17) is 10.7 Å². The minimum atomic E-state index is 0.432. The predicted octanol–water partition coefficient (Wildman–Crippen LogP) is 2.59. The molecule has 106 valence electrons. The van der Waals surface area contributed by atoms with E-state index in [9.17, 15) is 0 Å². The van der Waals surface area contributed by atoms with Gasteiger partial charge in [-0.05, 0) is 25.0 Å². The molecule has 3 aromatic rings. The first-order valence-electron chi connectivity index (χ1n) is 7.24. The molecular weight excluding hydrogens is 264 g/mol. The van der Waals surface area contributed by atoms with E-state index < -0.39 is 0 Å². The molecule has 0 spiro atoms. The molecule has 6 heteroatoms. The minimum absolute atomic E-state index is 0.432. The lowest BCUT2D eigenvalue weighted by Crippen LogP contribution is -2.08. The van der Waals surface area contributed by atoms with Gasteiger partial charge in [0.2, 0.25) is 0 Å². The van der Waals surface area contributed by atoms with Crippen LogP contribution in [-0.4, -0.2) is 24.7 Å². The molecule has 0 amide bonds. The van der Waals surface area contributed by atoms with Crippen molar-refractivity contribution in [3.63, 3.8) is 0 Å². The second-order valence-corrected chi connectivity index (χ2v) is 5.43. The van der Waals surface area contributed by atoms with Crippen LogP contribution in [0.4, 0.5) is 5.82 Å². The number of anilines is 1. The maximum Gasteiger partial charge on any atom is 0.164 e. The quantitative estimate of drug-likeness (QED) is 0.780. The number of nitrogens with two attached hydrogens (primary N) is 1. The van der Waals surface area contributed by atoms with Gasteiger partial charge >= 0.3 is 0 Å². The number of fused-ring (bicyclic) bond motifs is 1. The number of rotatable bonds is 2. The molecule has 0 aromatic carbocycles. The van der Waals surface area contributed by atoms with Gasteiger partial charge in [-0.3, -0.25) is 4.98 Å². The Kier molecular flexibility index (Phi) is 2.80. The third-order valence-corrected chi connectivity index (χ3v) is 4.09. The van der Waals surface area contributed by atoms with Gasteiger partial charge in [0, 0.05) is 18.0 Å². The van der Waals surface area contributed by atoms with Gasteiger partial charge in [0.1, 0.15) is 5.82 Å². The van der Waals surface area contributed by atoms with Gasteiger partial charge in [0.05, 0.1) is 17.6 Å². The molecule has 3 aromatic heterocycles. The van der Waals surface area contributed by atoms with E-state index >= 15 is 0 Å². The Morgan fingerprint density at radius 2 is 1.86 bits per heavy atom. The van der Waals surface area contributed by atoms with Gasteiger partial charge in [-0.1, -0.05) is 12.8 Å². The zero-order valence-electron chi connectivity index (χ0n) is 11.6. The van der Waals surface area contributed by atoms with Crippen molar-refractivity contribution in [3.8, 4) is 11.4 Å². The molecule has 0 bridgehead atoms. The molecule has 0 unspecified atom stereocenters. The lowest BCUT2D eigenvalue weighted by molar-refractivity contribution is 0.478. The molecule has 0 aliphatic heterocycles. The van der Waals surface area contributed by atoms with Gasteiger partial charge in [0.15, 0.2) is 11.5 Å². The van der Waals surface area contributed by atoms with E-state index in [1.54, 1.807) is 18.6 Å². The largest absolute Gasteiger partial charge is 0.383 e. The summed E-state index contributed by atoms with van der Waals surface area (Å²) in [4.78, 5) is 13.1. The Morgan fingerprint density at radius 1 is 1.10 bits per heavy atom. The monoisotopic (exact) mass is 280 g/mol. The summed E-state index contributed by atoms with van der Waals surface area (Å²) in [6.45, 7) is 0. The maximum atomic E-state index is 6.09. The highest BCUT2D eigenvalue weighted by Gasteiger charge is 2.21. The molecule has 1 fully saturated rings. The van der Waals surface area contributed by atoms with Crippen molar-refractivity contribution in [3.05, 3.63) is 30.7 Å². The van der Waals surface area contributed by atoms with Crippen LogP contribution < -0.4 is 5.73 Å². The molecule has 21 heavy (non-hydrogen) atoms. The zero-order valence-corrected chi connectivity index (χ0v) is 11.6. The van der Waals surface area contributed by atoms with Crippen LogP contribution in [-0.2, 0) is 0 Å². The second kappa shape index (κ2) is 4.80. The van der Waals surface area contributed by atoms with Crippen molar-refractivity contribution in [2.24, 2.45) is 0 Å². The van der Waals surface area contributed by atoms with E-state index in [2.05, 4.69) is 15.1 Å². The maximum absolute atomic E-state index is 6.09. The number of hydrogen-bond donors (Lipinski definition) is 1. The number of nitrogen functional groups attached to an aromatic ring is 1. The summed E-state index contributed by atoms with van der Waals surface area (Å²) in [5, 5.41) is 5.33. The average Bonchev–Trinajstić information content (AvgIpc) is 3.16. The van der Waals surface area contributed by atoms with Gasteiger partial charge in [-0.2, -0.15) is 5.10 Å². The standard InChI is InChI=1S/C15H16N6/c16-13-12-9-18-21(11-3-1-2-4-11)15(12)20-14(19-13)10-5-7-17-8-6-10/h5-9,11H,1-4H2,(H2,16,19,20). The Labute approximate surface area is 122 Å². The van der Waals surface area contributed by atoms with Gasteiger partial charge < -0.3 is 5.73 Å². The smallest absolute Gasteiger partial charge is 0.164 e. The van der Waals surface area contributed by atoms with E-state index in [-0.39, 0.29) is 0 Å². The highest BCUT2D eigenvalue weighted by atomic mass is 15.3. The van der Waals surface area contributed by atoms with Crippen LogP contribution >= 0.6 is 0 Å². The minimum Gasteiger partial charge on any atom is -0.383 e. The van der Waals surface area contributed by atoms with Gasteiger partial charge in [-0.15, -0.1) is 0 Å². The third-order valence-electron chi connectivity index (χ3n) is 4.09. The molecule has 0 atom stereocenters. The van der Waals surface area contributed by atoms with Crippen LogP contribution in [0.15, 0.2) is 30.7 Å². The molecule has 0 saturated heterocycles. The van der Waals surface area contributed by atoms with Crippen LogP contribution in [0.3, 0.4) is 0 Å². The fraction of sp³-hybridized carbons (Fsp3) is 0.333. The number of pyridine rings is 1. The normalized spacial score (nSPS) is 15.8. The summed E-state index contributed by atoms with van der Waals surface area (Å²) in [6, 6.07) is 4.20. The van der Waals surface area contributed by atoms with E-state index in [0.29, 0.717) is 17.7 Å². The summed E-state index contributed by atoms with van der Waals surface area (Å²) in [6.07, 6.45) is 10.1. The fourth-order valence-electron chi connectivity index (χ4n) is 2.99.